The molecule has 0 aliphatic heterocycles. The average molecular weight is 288 g/mol. The quantitative estimate of drug-likeness (QED) is 0.285. The molecule has 0 saturated carbocycles. The number of carbonyl (C=O) groups excluding carboxylic acids is 1. The van der Waals surface area contributed by atoms with Crippen molar-refractivity contribution in [2.24, 2.45) is 0 Å². The molecule has 1 N–H and O–H groups in total. The number of carboxylic acid groups (broad SMARTS) is 1. The molecule has 0 atom stereocenters. The van der Waals surface area contributed by atoms with Gasteiger partial charge in [0.25, 0.3) is 0 Å². The molecule has 0 aromatic carbocycles. The molecule has 0 bridgehead atoms. The Kier molecular flexibility index (Phi) is 12.9. The highest BCUT2D eigenvalue weighted by molar-refractivity contribution is 6.32. The predicted molar refractivity (Wildman–Crippen MR) is 85.8 cm³/mol. The number of allylic oxidation sites excluding steroid dienone is 6. The Morgan fingerprint density at radius 2 is 1.57 bits per heavy atom. The van der Waals surface area contributed by atoms with Crippen LogP contribution in [0.5, 0.6) is 0 Å². The summed E-state index contributed by atoms with van der Waals surface area (Å²) in [5.41, 5.74) is 0. The lowest BCUT2D eigenvalue weighted by Crippen LogP contribution is -2.11. The third-order valence-electron chi connectivity index (χ3n) is 2.57. The molecular formula is C18H24O3. The fraction of sp³-hybridized carbons (Fsp3) is 0.444. The van der Waals surface area contributed by atoms with Crippen LogP contribution in [0.2, 0.25) is 0 Å². The molecule has 0 amide bonds. The maximum atomic E-state index is 10.8. The van der Waals surface area contributed by atoms with Crippen LogP contribution in [-0.4, -0.2) is 16.9 Å². The van der Waals surface area contributed by atoms with Gasteiger partial charge in [0, 0.05) is 19.3 Å². The number of hydrogen-bond acceptors (Lipinski definition) is 2. The first-order chi connectivity index (χ1) is 10.2. The lowest BCUT2D eigenvalue weighted by molar-refractivity contribution is -0.149. The van der Waals surface area contributed by atoms with Crippen LogP contribution < -0.4 is 0 Å². The Morgan fingerprint density at radius 3 is 2.19 bits per heavy atom. The number of Topliss-reactive ketones (excluding diaryl/α,β-unsaturated/α-hetero) is 1. The van der Waals surface area contributed by atoms with Gasteiger partial charge in [-0.2, -0.15) is 0 Å². The van der Waals surface area contributed by atoms with Crippen LogP contribution >= 0.6 is 0 Å². The molecule has 114 valence electrons. The number of aliphatic carboxylic acids is 1. The smallest absolute Gasteiger partial charge is 0.372 e. The van der Waals surface area contributed by atoms with Gasteiger partial charge in [0.1, 0.15) is 0 Å². The normalized spacial score (nSPS) is 11.1. The van der Waals surface area contributed by atoms with Gasteiger partial charge in [-0.3, -0.25) is 4.79 Å². The van der Waals surface area contributed by atoms with Gasteiger partial charge in [0.2, 0.25) is 5.78 Å². The van der Waals surface area contributed by atoms with E-state index in [-0.39, 0.29) is 6.42 Å². The molecule has 0 aromatic heterocycles. The molecule has 0 rings (SSSR count). The summed E-state index contributed by atoms with van der Waals surface area (Å²) in [6.07, 6.45) is 17.5. The van der Waals surface area contributed by atoms with E-state index in [4.69, 9.17) is 5.11 Å². The Hall–Kier alpha value is -2.08. The van der Waals surface area contributed by atoms with Crippen LogP contribution in [0.25, 0.3) is 0 Å². The van der Waals surface area contributed by atoms with E-state index in [0.717, 1.165) is 19.3 Å². The molecule has 0 heterocycles. The van der Waals surface area contributed by atoms with E-state index in [2.05, 4.69) is 49.1 Å². The van der Waals surface area contributed by atoms with Gasteiger partial charge in [0.05, 0.1) is 0 Å². The molecule has 0 saturated heterocycles. The molecular weight excluding hydrogens is 264 g/mol. The van der Waals surface area contributed by atoms with E-state index in [1.54, 1.807) is 0 Å². The first-order valence-corrected chi connectivity index (χ1v) is 7.35. The zero-order valence-corrected chi connectivity index (χ0v) is 12.7. The van der Waals surface area contributed by atoms with E-state index in [9.17, 15) is 9.59 Å². The predicted octanol–water partition coefficient (Wildman–Crippen LogP) is 4.06. The maximum absolute atomic E-state index is 10.8. The van der Waals surface area contributed by atoms with Crippen molar-refractivity contribution in [1.82, 2.24) is 0 Å². The summed E-state index contributed by atoms with van der Waals surface area (Å²) in [5, 5.41) is 8.38. The summed E-state index contributed by atoms with van der Waals surface area (Å²) in [5.74, 6) is 3.81. The second kappa shape index (κ2) is 14.3. The number of carboxylic acids is 1. The van der Waals surface area contributed by atoms with Crippen molar-refractivity contribution in [1.29, 1.82) is 0 Å². The van der Waals surface area contributed by atoms with Gasteiger partial charge in [-0.25, -0.2) is 4.79 Å². The fourth-order valence-electron chi connectivity index (χ4n) is 1.46. The molecule has 0 unspecified atom stereocenters. The summed E-state index contributed by atoms with van der Waals surface area (Å²) in [4.78, 5) is 21.1. The van der Waals surface area contributed by atoms with E-state index >= 15 is 0 Å². The lowest BCUT2D eigenvalue weighted by atomic mass is 10.2. The van der Waals surface area contributed by atoms with Crippen molar-refractivity contribution in [3.05, 3.63) is 36.5 Å². The monoisotopic (exact) mass is 288 g/mol. The summed E-state index contributed by atoms with van der Waals surface area (Å²) in [6, 6.07) is 0. The van der Waals surface area contributed by atoms with Gasteiger partial charge in [0.15, 0.2) is 0 Å². The van der Waals surface area contributed by atoms with Crippen LogP contribution in [0.1, 0.15) is 51.9 Å². The maximum Gasteiger partial charge on any atom is 0.372 e. The summed E-state index contributed by atoms with van der Waals surface area (Å²) < 4.78 is 0. The highest BCUT2D eigenvalue weighted by Crippen LogP contribution is 1.96. The third-order valence-corrected chi connectivity index (χ3v) is 2.57. The fourth-order valence-corrected chi connectivity index (χ4v) is 1.46. The van der Waals surface area contributed by atoms with E-state index in [1.165, 1.54) is 0 Å². The van der Waals surface area contributed by atoms with E-state index in [1.807, 2.05) is 6.08 Å². The van der Waals surface area contributed by atoms with Crippen molar-refractivity contribution in [2.75, 3.05) is 0 Å². The molecule has 0 radical (unpaired) electrons. The van der Waals surface area contributed by atoms with Crippen LogP contribution in [0.15, 0.2) is 36.5 Å². The zero-order chi connectivity index (χ0) is 15.8. The van der Waals surface area contributed by atoms with E-state index < -0.39 is 11.8 Å². The highest BCUT2D eigenvalue weighted by Gasteiger charge is 2.08. The summed E-state index contributed by atoms with van der Waals surface area (Å²) >= 11 is 0. The number of rotatable bonds is 10. The Labute approximate surface area is 127 Å². The topological polar surface area (TPSA) is 54.4 Å². The first-order valence-electron chi connectivity index (χ1n) is 7.35. The second-order valence-corrected chi connectivity index (χ2v) is 4.43. The second-order valence-electron chi connectivity index (χ2n) is 4.43. The minimum atomic E-state index is -1.36. The zero-order valence-electron chi connectivity index (χ0n) is 12.7. The highest BCUT2D eigenvalue weighted by atomic mass is 16.4. The van der Waals surface area contributed by atoms with Crippen molar-refractivity contribution < 1.29 is 14.7 Å². The molecule has 0 aliphatic rings. The van der Waals surface area contributed by atoms with Crippen LogP contribution in [-0.2, 0) is 9.59 Å². The number of unbranched alkanes of at least 4 members (excludes halogenated alkanes) is 1. The molecule has 0 fully saturated rings. The van der Waals surface area contributed by atoms with Crippen molar-refractivity contribution in [2.45, 2.75) is 51.9 Å². The van der Waals surface area contributed by atoms with Crippen LogP contribution in [0.3, 0.4) is 0 Å². The minimum Gasteiger partial charge on any atom is -0.476 e. The molecule has 0 spiro atoms. The Morgan fingerprint density at radius 1 is 0.952 bits per heavy atom. The Bertz CT molecular complexity index is 445. The number of hydrogen-bond donors (Lipinski definition) is 1. The standard InChI is InChI=1S/C18H24O3/c1-2-3-4-5-6-7-8-9-10-11-12-13-14-15-16-17(19)18(20)21/h3-4,6-7,9-10H,2,5,8,11,14-16H2,1H3,(H,20,21)/b4-3-,7-6-,10-9-. The van der Waals surface area contributed by atoms with Gasteiger partial charge in [-0.05, 0) is 25.7 Å². The van der Waals surface area contributed by atoms with E-state index in [0.29, 0.717) is 19.3 Å². The number of carbonyl (C=O) groups is 2. The molecule has 0 aromatic rings. The first kappa shape index (κ1) is 18.9. The van der Waals surface area contributed by atoms with Gasteiger partial charge < -0.3 is 5.11 Å². The van der Waals surface area contributed by atoms with Gasteiger partial charge >= 0.3 is 5.97 Å². The lowest BCUT2D eigenvalue weighted by Gasteiger charge is -1.90. The van der Waals surface area contributed by atoms with Crippen molar-refractivity contribution >= 4 is 11.8 Å². The van der Waals surface area contributed by atoms with Crippen molar-refractivity contribution in [3.8, 4) is 11.8 Å². The largest absolute Gasteiger partial charge is 0.476 e. The van der Waals surface area contributed by atoms with Crippen molar-refractivity contribution in [3.63, 3.8) is 0 Å². The molecule has 3 nitrogen and oxygen atoms in total. The van der Waals surface area contributed by atoms with Gasteiger partial charge in [-0.1, -0.05) is 49.3 Å². The SMILES string of the molecule is CC/C=C\C/C=C\C/C=C\CC#CCCCC(=O)C(=O)O. The Balaban J connectivity index is 3.55. The molecule has 0 aliphatic carbocycles. The van der Waals surface area contributed by atoms with Crippen LogP contribution in [0, 0.1) is 11.8 Å². The molecule has 21 heavy (non-hydrogen) atoms. The number of ketones is 1. The third kappa shape index (κ3) is 14.1. The average Bonchev–Trinajstić information content (AvgIpc) is 2.47. The summed E-state index contributed by atoms with van der Waals surface area (Å²) in [6.45, 7) is 2.12. The van der Waals surface area contributed by atoms with Crippen LogP contribution in [0.4, 0.5) is 0 Å². The minimum absolute atomic E-state index is 0.0666. The van der Waals surface area contributed by atoms with Gasteiger partial charge in [-0.15, -0.1) is 5.92 Å². The summed E-state index contributed by atoms with van der Waals surface area (Å²) in [7, 11) is 0. The molecule has 3 heteroatoms.